The number of hydrogen-bond acceptors (Lipinski definition) is 5. The minimum Gasteiger partial charge on any atom is -0.369 e. The Morgan fingerprint density at radius 3 is 2.96 bits per heavy atom. The standard InChI is InChI=1S/C16H18ClF3N4OS/c1-23-8-11(21-22-23)12-7-15(3-4-24(12)9-16(18,19)20)14-10(2-5-25-15)6-13(17)26-14/h6,8,12H,2-5,7,9H2,1H3/t12-,15-/m0/s1. The van der Waals surface area contributed by atoms with Gasteiger partial charge in [0.05, 0.1) is 29.2 Å². The molecule has 0 saturated carbocycles. The molecule has 2 aliphatic heterocycles. The minimum atomic E-state index is -4.27. The maximum Gasteiger partial charge on any atom is 0.401 e. The third kappa shape index (κ3) is 3.37. The van der Waals surface area contributed by atoms with Crippen LogP contribution in [0.15, 0.2) is 12.3 Å². The SMILES string of the molecule is Cn1cc([C@@H]2C[C@]3(CCN2CC(F)(F)F)OCCc2cc(Cl)sc23)nn1. The number of fused-ring (bicyclic) bond motifs is 2. The van der Waals surface area contributed by atoms with E-state index in [1.54, 1.807) is 13.2 Å². The topological polar surface area (TPSA) is 43.2 Å². The van der Waals surface area contributed by atoms with Gasteiger partial charge in [-0.05, 0) is 24.5 Å². The molecule has 10 heteroatoms. The first-order chi connectivity index (χ1) is 12.3. The first-order valence-electron chi connectivity index (χ1n) is 8.35. The molecule has 0 aromatic carbocycles. The van der Waals surface area contributed by atoms with Crippen LogP contribution in [0, 0.1) is 0 Å². The Kier molecular flexibility index (Phi) is 4.53. The molecule has 1 saturated heterocycles. The van der Waals surface area contributed by atoms with E-state index in [1.165, 1.54) is 20.9 Å². The van der Waals surface area contributed by atoms with Crippen LogP contribution < -0.4 is 0 Å². The highest BCUT2D eigenvalue weighted by molar-refractivity contribution is 7.16. The minimum absolute atomic E-state index is 0.274. The van der Waals surface area contributed by atoms with Gasteiger partial charge in [0.15, 0.2) is 0 Å². The van der Waals surface area contributed by atoms with Gasteiger partial charge in [0, 0.05) is 31.1 Å². The van der Waals surface area contributed by atoms with Gasteiger partial charge in [-0.25, -0.2) is 0 Å². The molecule has 142 valence electrons. The largest absolute Gasteiger partial charge is 0.401 e. The smallest absolute Gasteiger partial charge is 0.369 e. The normalized spacial score (nSPS) is 27.0. The number of likely N-dealkylation sites (tertiary alicyclic amines) is 1. The number of aryl methyl sites for hydroxylation is 1. The predicted molar refractivity (Wildman–Crippen MR) is 91.3 cm³/mol. The Balaban J connectivity index is 1.70. The highest BCUT2D eigenvalue weighted by Crippen LogP contribution is 2.51. The van der Waals surface area contributed by atoms with Gasteiger partial charge in [-0.3, -0.25) is 9.58 Å². The Hall–Kier alpha value is -1.16. The lowest BCUT2D eigenvalue weighted by molar-refractivity contribution is -0.173. The zero-order valence-corrected chi connectivity index (χ0v) is 15.7. The van der Waals surface area contributed by atoms with Gasteiger partial charge in [-0.2, -0.15) is 13.2 Å². The lowest BCUT2D eigenvalue weighted by atomic mass is 9.81. The van der Waals surface area contributed by atoms with Crippen LogP contribution in [0.3, 0.4) is 0 Å². The summed E-state index contributed by atoms with van der Waals surface area (Å²) >= 11 is 7.67. The Morgan fingerprint density at radius 1 is 1.46 bits per heavy atom. The van der Waals surface area contributed by atoms with Gasteiger partial charge in [-0.1, -0.05) is 16.8 Å². The summed E-state index contributed by atoms with van der Waals surface area (Å²) in [6, 6.07) is 1.44. The molecule has 0 aliphatic carbocycles. The second kappa shape index (κ2) is 6.47. The third-order valence-electron chi connectivity index (χ3n) is 5.05. The third-order valence-corrected chi connectivity index (χ3v) is 6.55. The average Bonchev–Trinajstić information content (AvgIpc) is 3.14. The number of piperidine rings is 1. The molecule has 5 nitrogen and oxygen atoms in total. The van der Waals surface area contributed by atoms with Crippen molar-refractivity contribution in [3.8, 4) is 0 Å². The van der Waals surface area contributed by atoms with Crippen molar-refractivity contribution in [2.75, 3.05) is 19.7 Å². The van der Waals surface area contributed by atoms with Crippen LogP contribution >= 0.6 is 22.9 Å². The first kappa shape index (κ1) is 18.2. The van der Waals surface area contributed by atoms with Crippen LogP contribution in [0.2, 0.25) is 4.34 Å². The number of alkyl halides is 3. The van der Waals surface area contributed by atoms with Crippen molar-refractivity contribution in [2.45, 2.75) is 37.1 Å². The number of hydrogen-bond donors (Lipinski definition) is 0. The lowest BCUT2D eigenvalue weighted by Gasteiger charge is -2.47. The molecule has 4 rings (SSSR count). The van der Waals surface area contributed by atoms with Crippen LogP contribution in [0.5, 0.6) is 0 Å². The van der Waals surface area contributed by atoms with Gasteiger partial charge < -0.3 is 4.74 Å². The van der Waals surface area contributed by atoms with Gasteiger partial charge in [0.2, 0.25) is 0 Å². The lowest BCUT2D eigenvalue weighted by Crippen LogP contribution is -2.50. The molecule has 0 radical (unpaired) electrons. The monoisotopic (exact) mass is 406 g/mol. The molecule has 0 bridgehead atoms. The van der Waals surface area contributed by atoms with Gasteiger partial charge in [-0.15, -0.1) is 16.4 Å². The van der Waals surface area contributed by atoms with Crippen molar-refractivity contribution in [3.63, 3.8) is 0 Å². The predicted octanol–water partition coefficient (Wildman–Crippen LogP) is 3.70. The fourth-order valence-electron chi connectivity index (χ4n) is 3.98. The van der Waals surface area contributed by atoms with Crippen molar-refractivity contribution < 1.29 is 17.9 Å². The number of thiophene rings is 1. The zero-order valence-electron chi connectivity index (χ0n) is 14.1. The van der Waals surface area contributed by atoms with Gasteiger partial charge in [0.1, 0.15) is 5.60 Å². The maximum absolute atomic E-state index is 13.1. The number of halogens is 4. The highest BCUT2D eigenvalue weighted by Gasteiger charge is 2.49. The summed E-state index contributed by atoms with van der Waals surface area (Å²) in [5, 5.41) is 7.99. The van der Waals surface area contributed by atoms with Crippen molar-refractivity contribution in [3.05, 3.63) is 32.7 Å². The fraction of sp³-hybridized carbons (Fsp3) is 0.625. The summed E-state index contributed by atoms with van der Waals surface area (Å²) in [6.07, 6.45) is -0.897. The molecule has 2 atom stereocenters. The Morgan fingerprint density at radius 2 is 2.27 bits per heavy atom. The molecule has 2 aromatic heterocycles. The van der Waals surface area contributed by atoms with E-state index < -0.39 is 24.4 Å². The average molecular weight is 407 g/mol. The zero-order chi connectivity index (χ0) is 18.5. The van der Waals surface area contributed by atoms with Crippen molar-refractivity contribution in [1.29, 1.82) is 0 Å². The van der Waals surface area contributed by atoms with E-state index in [1.807, 2.05) is 6.07 Å². The summed E-state index contributed by atoms with van der Waals surface area (Å²) in [5.74, 6) is 0. The summed E-state index contributed by atoms with van der Waals surface area (Å²) in [5.41, 5.74) is 1.08. The molecule has 2 aliphatic rings. The molecular formula is C16H18ClF3N4OS. The summed E-state index contributed by atoms with van der Waals surface area (Å²) in [7, 11) is 1.71. The molecule has 1 spiro atoms. The van der Waals surface area contributed by atoms with Crippen LogP contribution in [-0.2, 0) is 23.8 Å². The second-order valence-corrected chi connectivity index (χ2v) is 8.55. The van der Waals surface area contributed by atoms with Crippen LogP contribution in [0.1, 0.15) is 35.0 Å². The molecule has 0 unspecified atom stereocenters. The summed E-state index contributed by atoms with van der Waals surface area (Å²) in [6.45, 7) is -0.148. The van der Waals surface area contributed by atoms with Crippen LogP contribution in [-0.4, -0.2) is 45.8 Å². The molecule has 2 aromatic rings. The molecule has 26 heavy (non-hydrogen) atoms. The Labute approximate surface area is 157 Å². The van der Waals surface area contributed by atoms with E-state index in [4.69, 9.17) is 16.3 Å². The number of ether oxygens (including phenoxy) is 1. The van der Waals surface area contributed by atoms with Crippen molar-refractivity contribution in [1.82, 2.24) is 19.9 Å². The number of aromatic nitrogens is 3. The quantitative estimate of drug-likeness (QED) is 0.762. The molecule has 4 heterocycles. The molecule has 1 fully saturated rings. The summed E-state index contributed by atoms with van der Waals surface area (Å²) in [4.78, 5) is 2.48. The number of nitrogens with zero attached hydrogens (tertiary/aromatic N) is 4. The van der Waals surface area contributed by atoms with Crippen molar-refractivity contribution in [2.24, 2.45) is 7.05 Å². The van der Waals surface area contributed by atoms with E-state index in [0.29, 0.717) is 29.5 Å². The van der Waals surface area contributed by atoms with Crippen LogP contribution in [0.25, 0.3) is 0 Å². The van der Waals surface area contributed by atoms with E-state index in [2.05, 4.69) is 10.3 Å². The van der Waals surface area contributed by atoms with E-state index >= 15 is 0 Å². The van der Waals surface area contributed by atoms with Crippen molar-refractivity contribution >= 4 is 22.9 Å². The first-order valence-corrected chi connectivity index (χ1v) is 9.55. The Bertz CT molecular complexity index is 808. The fourth-order valence-corrected chi connectivity index (χ4v) is 5.46. The molecule has 0 amide bonds. The van der Waals surface area contributed by atoms with E-state index in [9.17, 15) is 13.2 Å². The second-order valence-electron chi connectivity index (χ2n) is 6.87. The van der Waals surface area contributed by atoms with Gasteiger partial charge in [0.25, 0.3) is 0 Å². The highest BCUT2D eigenvalue weighted by atomic mass is 35.5. The number of rotatable bonds is 2. The molecule has 0 N–H and O–H groups in total. The van der Waals surface area contributed by atoms with E-state index in [0.717, 1.165) is 16.9 Å². The molecular weight excluding hydrogens is 389 g/mol. The summed E-state index contributed by atoms with van der Waals surface area (Å²) < 4.78 is 47.6. The maximum atomic E-state index is 13.1. The van der Waals surface area contributed by atoms with Crippen LogP contribution in [0.4, 0.5) is 13.2 Å². The van der Waals surface area contributed by atoms with E-state index in [-0.39, 0.29) is 6.54 Å². The van der Waals surface area contributed by atoms with Gasteiger partial charge >= 0.3 is 6.18 Å².